The lowest BCUT2D eigenvalue weighted by molar-refractivity contribution is 0.234. The molecule has 9 nitrogen and oxygen atoms in total. The molecule has 4 aromatic rings. The number of aromatic nitrogens is 4. The standard InChI is InChI=1S/C28H36N8O/c1-29-23-15-24(27(37-4)17-26(23)34(2)12-13-36-10-6-5-7-11-36)33-28-16-22(30-19-31-28)20-8-9-25-21(14-20)18-32-35(25)3/h8-9,14-19,29H,5-7,10-13H2,1-4H3,(H,30,31,33). The maximum absolute atomic E-state index is 5.79. The fourth-order valence-corrected chi connectivity index (χ4v) is 4.99. The number of hydrogen-bond donors (Lipinski definition) is 2. The van der Waals surface area contributed by atoms with Gasteiger partial charge in [-0.25, -0.2) is 9.97 Å². The highest BCUT2D eigenvalue weighted by atomic mass is 16.5. The summed E-state index contributed by atoms with van der Waals surface area (Å²) in [6.45, 7) is 4.43. The zero-order valence-corrected chi connectivity index (χ0v) is 22.2. The van der Waals surface area contributed by atoms with Gasteiger partial charge < -0.3 is 25.2 Å². The number of ether oxygens (including phenoxy) is 1. The molecule has 1 aliphatic rings. The predicted octanol–water partition coefficient (Wildman–Crippen LogP) is 4.75. The smallest absolute Gasteiger partial charge is 0.144 e. The maximum atomic E-state index is 5.79. The molecule has 0 amide bonds. The largest absolute Gasteiger partial charge is 0.494 e. The molecule has 1 fully saturated rings. The Balaban J connectivity index is 1.36. The van der Waals surface area contributed by atoms with E-state index in [0.29, 0.717) is 5.82 Å². The van der Waals surface area contributed by atoms with Crippen LogP contribution in [0.5, 0.6) is 5.75 Å². The number of piperidine rings is 1. The lowest BCUT2D eigenvalue weighted by Gasteiger charge is -2.30. The SMILES string of the molecule is CNc1cc(Nc2cc(-c3ccc4c(cnn4C)c3)ncn2)c(OC)cc1N(C)CCN1CCCCC1. The van der Waals surface area contributed by atoms with E-state index in [1.54, 1.807) is 13.4 Å². The summed E-state index contributed by atoms with van der Waals surface area (Å²) < 4.78 is 7.66. The Morgan fingerprint density at radius 1 is 1.03 bits per heavy atom. The second-order valence-corrected chi connectivity index (χ2v) is 9.60. The molecule has 0 spiro atoms. The molecule has 9 heteroatoms. The zero-order valence-electron chi connectivity index (χ0n) is 22.2. The Kier molecular flexibility index (Phi) is 7.41. The number of anilines is 4. The van der Waals surface area contributed by atoms with Gasteiger partial charge in [-0.15, -0.1) is 0 Å². The molecular weight excluding hydrogens is 464 g/mol. The molecule has 37 heavy (non-hydrogen) atoms. The molecule has 1 aliphatic heterocycles. The van der Waals surface area contributed by atoms with Crippen LogP contribution in [-0.4, -0.2) is 72.0 Å². The van der Waals surface area contributed by atoms with Crippen molar-refractivity contribution >= 4 is 33.8 Å². The number of rotatable bonds is 9. The minimum atomic E-state index is 0.697. The summed E-state index contributed by atoms with van der Waals surface area (Å²) in [5.74, 6) is 1.46. The van der Waals surface area contributed by atoms with Crippen LogP contribution in [-0.2, 0) is 7.05 Å². The first kappa shape index (κ1) is 24.8. The van der Waals surface area contributed by atoms with Crippen molar-refractivity contribution in [2.24, 2.45) is 7.05 Å². The molecule has 2 aromatic heterocycles. The summed E-state index contributed by atoms with van der Waals surface area (Å²) in [5, 5.41) is 12.2. The molecule has 1 saturated heterocycles. The number of hydrogen-bond acceptors (Lipinski definition) is 8. The Morgan fingerprint density at radius 3 is 2.65 bits per heavy atom. The van der Waals surface area contributed by atoms with Crippen LogP contribution in [0.3, 0.4) is 0 Å². The first-order valence-electron chi connectivity index (χ1n) is 12.9. The Hall–Kier alpha value is -3.85. The average Bonchev–Trinajstić information content (AvgIpc) is 3.32. The minimum absolute atomic E-state index is 0.697. The van der Waals surface area contributed by atoms with Gasteiger partial charge in [0.25, 0.3) is 0 Å². The molecule has 194 valence electrons. The van der Waals surface area contributed by atoms with Crippen molar-refractivity contribution in [3.05, 3.63) is 48.9 Å². The highest BCUT2D eigenvalue weighted by Crippen LogP contribution is 2.38. The third kappa shape index (κ3) is 5.46. The van der Waals surface area contributed by atoms with E-state index in [0.717, 1.165) is 58.1 Å². The van der Waals surface area contributed by atoms with Gasteiger partial charge in [0.05, 0.1) is 41.6 Å². The summed E-state index contributed by atoms with van der Waals surface area (Å²) in [6.07, 6.45) is 7.42. The number of likely N-dealkylation sites (N-methyl/N-ethyl adjacent to an activating group) is 1. The number of fused-ring (bicyclic) bond motifs is 1. The first-order chi connectivity index (χ1) is 18.1. The normalized spacial score (nSPS) is 14.1. The van der Waals surface area contributed by atoms with Gasteiger partial charge in [-0.1, -0.05) is 12.5 Å². The molecule has 3 heterocycles. The summed E-state index contributed by atoms with van der Waals surface area (Å²) in [4.78, 5) is 13.8. The maximum Gasteiger partial charge on any atom is 0.144 e. The fourth-order valence-electron chi connectivity index (χ4n) is 4.99. The summed E-state index contributed by atoms with van der Waals surface area (Å²) in [7, 11) is 7.73. The number of methoxy groups -OCH3 is 1. The van der Waals surface area contributed by atoms with Crippen molar-refractivity contribution in [3.63, 3.8) is 0 Å². The second-order valence-electron chi connectivity index (χ2n) is 9.60. The lowest BCUT2D eigenvalue weighted by Crippen LogP contribution is -2.36. The number of aryl methyl sites for hydroxylation is 1. The number of nitrogens with one attached hydrogen (secondary N) is 2. The van der Waals surface area contributed by atoms with Crippen molar-refractivity contribution in [2.75, 3.05) is 62.9 Å². The van der Waals surface area contributed by atoms with Crippen LogP contribution >= 0.6 is 0 Å². The van der Waals surface area contributed by atoms with E-state index < -0.39 is 0 Å². The van der Waals surface area contributed by atoms with Crippen molar-refractivity contribution in [1.29, 1.82) is 0 Å². The van der Waals surface area contributed by atoms with E-state index in [4.69, 9.17) is 4.74 Å². The topological polar surface area (TPSA) is 83.4 Å². The van der Waals surface area contributed by atoms with E-state index in [-0.39, 0.29) is 0 Å². The molecule has 2 N–H and O–H groups in total. The van der Waals surface area contributed by atoms with Crippen LogP contribution in [0.4, 0.5) is 22.9 Å². The Labute approximate surface area is 218 Å². The third-order valence-electron chi connectivity index (χ3n) is 7.17. The Morgan fingerprint density at radius 2 is 1.86 bits per heavy atom. The molecule has 0 radical (unpaired) electrons. The van der Waals surface area contributed by atoms with E-state index >= 15 is 0 Å². The van der Waals surface area contributed by atoms with Crippen LogP contribution in [0.1, 0.15) is 19.3 Å². The van der Waals surface area contributed by atoms with Crippen LogP contribution in [0.25, 0.3) is 22.2 Å². The van der Waals surface area contributed by atoms with Crippen LogP contribution in [0.2, 0.25) is 0 Å². The van der Waals surface area contributed by atoms with E-state index in [2.05, 4.69) is 72.9 Å². The van der Waals surface area contributed by atoms with E-state index in [1.165, 1.54) is 32.4 Å². The molecule has 0 bridgehead atoms. The minimum Gasteiger partial charge on any atom is -0.494 e. The molecule has 0 atom stereocenters. The fraction of sp³-hybridized carbons (Fsp3) is 0.393. The number of nitrogens with zero attached hydrogens (tertiary/aromatic N) is 6. The number of benzene rings is 2. The van der Waals surface area contributed by atoms with Gasteiger partial charge in [-0.2, -0.15) is 5.10 Å². The van der Waals surface area contributed by atoms with Crippen molar-refractivity contribution in [3.8, 4) is 17.0 Å². The molecule has 0 unspecified atom stereocenters. The summed E-state index contributed by atoms with van der Waals surface area (Å²) in [5.41, 5.74) is 5.91. The lowest BCUT2D eigenvalue weighted by atomic mass is 10.1. The van der Waals surface area contributed by atoms with Crippen LogP contribution in [0, 0.1) is 0 Å². The van der Waals surface area contributed by atoms with Gasteiger partial charge >= 0.3 is 0 Å². The van der Waals surface area contributed by atoms with Gasteiger partial charge in [0.1, 0.15) is 17.9 Å². The van der Waals surface area contributed by atoms with Crippen molar-refractivity contribution < 1.29 is 4.74 Å². The van der Waals surface area contributed by atoms with E-state index in [1.807, 2.05) is 31.0 Å². The van der Waals surface area contributed by atoms with Crippen LogP contribution in [0.15, 0.2) is 48.9 Å². The van der Waals surface area contributed by atoms with Gasteiger partial charge in [-0.3, -0.25) is 4.68 Å². The second kappa shape index (κ2) is 11.0. The monoisotopic (exact) mass is 500 g/mol. The predicted molar refractivity (Wildman–Crippen MR) is 151 cm³/mol. The summed E-state index contributed by atoms with van der Waals surface area (Å²) >= 11 is 0. The molecule has 0 saturated carbocycles. The van der Waals surface area contributed by atoms with Crippen molar-refractivity contribution in [1.82, 2.24) is 24.6 Å². The molecule has 5 rings (SSSR count). The zero-order chi connectivity index (χ0) is 25.8. The van der Waals surface area contributed by atoms with Crippen molar-refractivity contribution in [2.45, 2.75) is 19.3 Å². The van der Waals surface area contributed by atoms with Gasteiger partial charge in [0.15, 0.2) is 0 Å². The van der Waals surface area contributed by atoms with E-state index in [9.17, 15) is 0 Å². The third-order valence-corrected chi connectivity index (χ3v) is 7.17. The average molecular weight is 501 g/mol. The quantitative estimate of drug-likeness (QED) is 0.341. The van der Waals surface area contributed by atoms with Gasteiger partial charge in [0, 0.05) is 57.3 Å². The summed E-state index contributed by atoms with van der Waals surface area (Å²) in [6, 6.07) is 12.3. The highest BCUT2D eigenvalue weighted by molar-refractivity contribution is 5.85. The first-order valence-corrected chi connectivity index (χ1v) is 12.9. The van der Waals surface area contributed by atoms with Gasteiger partial charge in [-0.05, 0) is 44.1 Å². The highest BCUT2D eigenvalue weighted by Gasteiger charge is 2.16. The molecular formula is C28H36N8O. The molecule has 0 aliphatic carbocycles. The Bertz CT molecular complexity index is 1360. The van der Waals surface area contributed by atoms with Gasteiger partial charge in [0.2, 0.25) is 0 Å². The molecule has 2 aromatic carbocycles. The van der Waals surface area contributed by atoms with Crippen LogP contribution < -0.4 is 20.3 Å². The number of likely N-dealkylation sites (tertiary alicyclic amines) is 1.